The molecule has 1 aromatic heterocycles. The number of sulfone groups is 1. The van der Waals surface area contributed by atoms with Crippen LogP contribution in [0.3, 0.4) is 0 Å². The first-order chi connectivity index (χ1) is 13.9. The Morgan fingerprint density at radius 3 is 2.30 bits per heavy atom. The van der Waals surface area contributed by atoms with E-state index in [-0.39, 0.29) is 27.7 Å². The second-order valence-corrected chi connectivity index (χ2v) is 7.72. The third kappa shape index (κ3) is 5.83. The quantitative estimate of drug-likeness (QED) is 0.582. The van der Waals surface area contributed by atoms with Gasteiger partial charge in [0, 0.05) is 12.7 Å². The highest BCUT2D eigenvalue weighted by atomic mass is 32.2. The van der Waals surface area contributed by atoms with Crippen molar-refractivity contribution in [1.29, 1.82) is 0 Å². The number of anilines is 1. The molecule has 0 spiro atoms. The predicted molar refractivity (Wildman–Crippen MR) is 98.2 cm³/mol. The van der Waals surface area contributed by atoms with Gasteiger partial charge in [0.2, 0.25) is 15.7 Å². The number of nitrogens with zero attached hydrogens (tertiary/aromatic N) is 1. The van der Waals surface area contributed by atoms with Gasteiger partial charge in [-0.3, -0.25) is 9.59 Å². The Kier molecular flexibility index (Phi) is 6.87. The number of benzene rings is 1. The van der Waals surface area contributed by atoms with Crippen molar-refractivity contribution in [2.45, 2.75) is 23.1 Å². The van der Waals surface area contributed by atoms with Crippen LogP contribution in [0.25, 0.3) is 0 Å². The van der Waals surface area contributed by atoms with Gasteiger partial charge < -0.3 is 21.1 Å². The summed E-state index contributed by atoms with van der Waals surface area (Å²) in [5.41, 5.74) is 5.17. The van der Waals surface area contributed by atoms with Crippen LogP contribution < -0.4 is 21.1 Å². The molecule has 0 radical (unpaired) electrons. The lowest BCUT2D eigenvalue weighted by atomic mass is 10.3. The number of carbonyl (C=O) groups is 2. The van der Waals surface area contributed by atoms with Crippen LogP contribution in [0.4, 0.5) is 18.9 Å². The third-order valence-electron chi connectivity index (χ3n) is 3.57. The summed E-state index contributed by atoms with van der Waals surface area (Å²) in [4.78, 5) is 26.5. The van der Waals surface area contributed by atoms with Gasteiger partial charge in [0.15, 0.2) is 5.69 Å². The normalized spacial score (nSPS) is 11.6. The second-order valence-electron chi connectivity index (χ2n) is 5.77. The van der Waals surface area contributed by atoms with Crippen molar-refractivity contribution in [3.8, 4) is 5.75 Å². The summed E-state index contributed by atoms with van der Waals surface area (Å²) in [6, 6.07) is 4.54. The maximum atomic E-state index is 12.6. The summed E-state index contributed by atoms with van der Waals surface area (Å²) in [5.74, 6) is -1.80. The van der Waals surface area contributed by atoms with Crippen molar-refractivity contribution < 1.29 is 35.9 Å². The van der Waals surface area contributed by atoms with E-state index in [0.717, 1.165) is 36.5 Å². The Balaban J connectivity index is 2.20. The molecule has 2 rings (SSSR count). The fourth-order valence-corrected chi connectivity index (χ4v) is 3.50. The molecular weight excluding hydrogens is 429 g/mol. The zero-order chi connectivity index (χ0) is 22.5. The van der Waals surface area contributed by atoms with E-state index in [2.05, 4.69) is 20.4 Å². The largest absolute Gasteiger partial charge is 0.573 e. The van der Waals surface area contributed by atoms with Crippen LogP contribution in [0.1, 0.15) is 17.4 Å². The Morgan fingerprint density at radius 2 is 1.77 bits per heavy atom. The summed E-state index contributed by atoms with van der Waals surface area (Å²) in [5, 5.41) is 4.76. The molecule has 2 aromatic rings. The average Bonchev–Trinajstić information content (AvgIpc) is 2.65. The topological polar surface area (TPSA) is 140 Å². The van der Waals surface area contributed by atoms with E-state index in [0.29, 0.717) is 6.54 Å². The van der Waals surface area contributed by atoms with E-state index in [9.17, 15) is 31.2 Å². The lowest BCUT2D eigenvalue weighted by Gasteiger charge is -2.11. The summed E-state index contributed by atoms with van der Waals surface area (Å²) in [6.07, 6.45) is -4.03. The van der Waals surface area contributed by atoms with Crippen molar-refractivity contribution in [3.05, 3.63) is 42.2 Å². The molecule has 0 saturated heterocycles. The molecule has 4 N–H and O–H groups in total. The van der Waals surface area contributed by atoms with Crippen LogP contribution >= 0.6 is 0 Å². The monoisotopic (exact) mass is 446 g/mol. The molecule has 0 atom stereocenters. The van der Waals surface area contributed by atoms with Gasteiger partial charge in [0.05, 0.1) is 22.0 Å². The number of nitrogens with one attached hydrogen (secondary N) is 2. The van der Waals surface area contributed by atoms with Crippen molar-refractivity contribution in [3.63, 3.8) is 0 Å². The number of aromatic nitrogens is 1. The van der Waals surface area contributed by atoms with Crippen LogP contribution in [-0.4, -0.2) is 44.7 Å². The molecule has 30 heavy (non-hydrogen) atoms. The number of nitrogens with two attached hydrogens (primary N) is 1. The molecule has 0 aliphatic rings. The van der Waals surface area contributed by atoms with Gasteiger partial charge >= 0.3 is 6.36 Å². The number of amides is 2. The van der Waals surface area contributed by atoms with Crippen LogP contribution in [0, 0.1) is 0 Å². The Labute approximate surface area is 169 Å². The van der Waals surface area contributed by atoms with E-state index in [1.807, 2.05) is 0 Å². The molecule has 13 heteroatoms. The van der Waals surface area contributed by atoms with Crippen LogP contribution in [0.15, 0.2) is 46.3 Å². The highest BCUT2D eigenvalue weighted by Crippen LogP contribution is 2.27. The number of likely N-dealkylation sites (N-methyl/N-ethyl adjacent to an activating group) is 1. The molecule has 0 bridgehead atoms. The zero-order valence-corrected chi connectivity index (χ0v) is 16.3. The minimum absolute atomic E-state index is 0.263. The number of hydrogen-bond acceptors (Lipinski definition) is 7. The van der Waals surface area contributed by atoms with Crippen molar-refractivity contribution >= 4 is 27.3 Å². The lowest BCUT2D eigenvalue weighted by Crippen LogP contribution is -2.37. The van der Waals surface area contributed by atoms with Gasteiger partial charge in [-0.25, -0.2) is 13.4 Å². The third-order valence-corrected chi connectivity index (χ3v) is 5.31. The molecule has 0 aliphatic carbocycles. The highest BCUT2D eigenvalue weighted by Gasteiger charge is 2.31. The summed E-state index contributed by atoms with van der Waals surface area (Å²) < 4.78 is 65.6. The molecule has 0 unspecified atom stereocenters. The predicted octanol–water partition coefficient (Wildman–Crippen LogP) is 1.26. The van der Waals surface area contributed by atoms with E-state index < -0.39 is 33.8 Å². The molecule has 1 heterocycles. The highest BCUT2D eigenvalue weighted by molar-refractivity contribution is 7.91. The maximum absolute atomic E-state index is 12.6. The first-order valence-electron chi connectivity index (χ1n) is 8.35. The van der Waals surface area contributed by atoms with Gasteiger partial charge in [-0.05, 0) is 37.3 Å². The van der Waals surface area contributed by atoms with E-state index in [1.165, 1.54) is 0 Å². The number of alkyl halides is 3. The number of hydrogen-bond donors (Lipinski definition) is 3. The van der Waals surface area contributed by atoms with Crippen LogP contribution in [-0.2, 0) is 14.6 Å². The fourth-order valence-electron chi connectivity index (χ4n) is 2.26. The molecule has 0 saturated carbocycles. The molecule has 9 nitrogen and oxygen atoms in total. The van der Waals surface area contributed by atoms with Crippen molar-refractivity contribution in [2.75, 3.05) is 18.8 Å². The smallest absolute Gasteiger partial charge is 0.406 e. The van der Waals surface area contributed by atoms with Gasteiger partial charge in [0.1, 0.15) is 5.75 Å². The van der Waals surface area contributed by atoms with E-state index in [1.54, 1.807) is 6.92 Å². The minimum atomic E-state index is -4.91. The summed E-state index contributed by atoms with van der Waals surface area (Å²) in [7, 11) is -4.17. The summed E-state index contributed by atoms with van der Waals surface area (Å²) in [6.45, 7) is 1.76. The first-order valence-corrected chi connectivity index (χ1v) is 9.83. The van der Waals surface area contributed by atoms with Gasteiger partial charge in [-0.1, -0.05) is 0 Å². The molecular formula is C17H17F3N4O5S. The molecule has 1 aromatic carbocycles. The van der Waals surface area contributed by atoms with Gasteiger partial charge in [-0.15, -0.1) is 13.2 Å². The van der Waals surface area contributed by atoms with Gasteiger partial charge in [0.25, 0.3) is 5.91 Å². The molecule has 162 valence electrons. The second kappa shape index (κ2) is 8.98. The maximum Gasteiger partial charge on any atom is 0.573 e. The SMILES string of the molecule is CCNC(=O)CNC(=O)c1ncc(S(=O)(=O)c2ccc(OC(F)(F)F)cc2)cc1N. The Morgan fingerprint density at radius 1 is 1.13 bits per heavy atom. The van der Waals surface area contributed by atoms with E-state index >= 15 is 0 Å². The molecule has 0 fully saturated rings. The number of pyridine rings is 1. The Hall–Kier alpha value is -3.35. The van der Waals surface area contributed by atoms with E-state index in [4.69, 9.17) is 5.73 Å². The number of nitrogen functional groups attached to an aromatic ring is 1. The number of carbonyl (C=O) groups excluding carboxylic acids is 2. The Bertz CT molecular complexity index is 1040. The van der Waals surface area contributed by atoms with Gasteiger partial charge in [-0.2, -0.15) is 0 Å². The fraction of sp³-hybridized carbons (Fsp3) is 0.235. The van der Waals surface area contributed by atoms with Crippen molar-refractivity contribution in [1.82, 2.24) is 15.6 Å². The summed E-state index contributed by atoms with van der Waals surface area (Å²) >= 11 is 0. The number of ether oxygens (including phenoxy) is 1. The number of halogens is 3. The first kappa shape index (κ1) is 22.9. The molecule has 0 aliphatic heterocycles. The number of rotatable bonds is 7. The minimum Gasteiger partial charge on any atom is -0.406 e. The van der Waals surface area contributed by atoms with Crippen LogP contribution in [0.2, 0.25) is 0 Å². The zero-order valence-electron chi connectivity index (χ0n) is 15.5. The molecule has 2 amide bonds. The van der Waals surface area contributed by atoms with Crippen LogP contribution in [0.5, 0.6) is 5.75 Å². The lowest BCUT2D eigenvalue weighted by molar-refractivity contribution is -0.274. The van der Waals surface area contributed by atoms with Crippen molar-refractivity contribution in [2.24, 2.45) is 0 Å². The average molecular weight is 446 g/mol. The standard InChI is InChI=1S/C17H17F3N4O5S/c1-2-22-14(25)9-24-16(26)15-13(21)7-12(8-23-15)30(27,28)11-5-3-10(4-6-11)29-17(18,19)20/h3-8H,2,9,21H2,1H3,(H,22,25)(H,24,26).